The first-order chi connectivity index (χ1) is 16.4. The minimum atomic E-state index is -1.11. The quantitative estimate of drug-likeness (QED) is 0.334. The molecule has 1 aliphatic heterocycles. The van der Waals surface area contributed by atoms with Crippen molar-refractivity contribution in [1.29, 1.82) is 0 Å². The molecule has 4 rings (SSSR count). The highest BCUT2D eigenvalue weighted by Gasteiger charge is 2.35. The van der Waals surface area contributed by atoms with Gasteiger partial charge in [0.2, 0.25) is 6.41 Å². The molecule has 1 aromatic heterocycles. The molecule has 180 valence electrons. The zero-order valence-corrected chi connectivity index (χ0v) is 19.9. The maximum atomic E-state index is 12.7. The van der Waals surface area contributed by atoms with Crippen molar-refractivity contribution >= 4 is 34.4 Å². The van der Waals surface area contributed by atoms with E-state index in [1.165, 1.54) is 0 Å². The normalized spacial score (nSPS) is 16.8. The van der Waals surface area contributed by atoms with Crippen LogP contribution in [0.1, 0.15) is 47.1 Å². The number of carbonyl (C=O) groups excluding carboxylic acids is 2. The van der Waals surface area contributed by atoms with Crippen molar-refractivity contribution in [2.75, 3.05) is 26.3 Å². The molecular formula is C25H28ClN3O5. The highest BCUT2D eigenvalue weighted by Crippen LogP contribution is 2.40. The number of hydrogen-bond acceptors (Lipinski definition) is 6. The van der Waals surface area contributed by atoms with Crippen LogP contribution in [0.25, 0.3) is 10.9 Å². The number of aliphatic hydroxyl groups excluding tert-OH is 1. The van der Waals surface area contributed by atoms with E-state index < -0.39 is 12.4 Å². The molecule has 2 heterocycles. The first-order valence-corrected chi connectivity index (χ1v) is 11.7. The van der Waals surface area contributed by atoms with Crippen molar-refractivity contribution in [3.05, 3.63) is 69.9 Å². The maximum Gasteiger partial charge on any atom is 0.325 e. The SMILES string of the molecule is CCOC(=O)CNC(=O)c1cccc(C2c3[nH]c4ccc(Cl)cc4c3CCN2C(O)OCC)c1. The zero-order valence-electron chi connectivity index (χ0n) is 19.1. The van der Waals surface area contributed by atoms with Gasteiger partial charge in [0.25, 0.3) is 5.91 Å². The number of fused-ring (bicyclic) bond motifs is 3. The summed E-state index contributed by atoms with van der Waals surface area (Å²) in [5.41, 5.74) is 4.21. The van der Waals surface area contributed by atoms with E-state index >= 15 is 0 Å². The molecule has 0 aliphatic carbocycles. The van der Waals surface area contributed by atoms with E-state index in [1.807, 2.05) is 36.1 Å². The summed E-state index contributed by atoms with van der Waals surface area (Å²) in [6, 6.07) is 12.5. The molecule has 0 bridgehead atoms. The Hall–Kier alpha value is -2.91. The smallest absolute Gasteiger partial charge is 0.325 e. The summed E-state index contributed by atoms with van der Waals surface area (Å²) in [5.74, 6) is -0.877. The summed E-state index contributed by atoms with van der Waals surface area (Å²) in [6.07, 6.45) is -0.407. The Bertz CT molecular complexity index is 1190. The molecule has 1 amide bonds. The van der Waals surface area contributed by atoms with Gasteiger partial charge in [-0.2, -0.15) is 0 Å². The number of carbonyl (C=O) groups is 2. The summed E-state index contributed by atoms with van der Waals surface area (Å²) in [5, 5.41) is 15.1. The predicted octanol–water partition coefficient (Wildman–Crippen LogP) is 3.37. The number of aromatic nitrogens is 1. The van der Waals surface area contributed by atoms with E-state index in [1.54, 1.807) is 25.1 Å². The Kier molecular flexibility index (Phi) is 7.53. The van der Waals surface area contributed by atoms with Crippen molar-refractivity contribution in [3.63, 3.8) is 0 Å². The molecule has 2 aromatic carbocycles. The van der Waals surface area contributed by atoms with Gasteiger partial charge in [0.1, 0.15) is 6.54 Å². The predicted molar refractivity (Wildman–Crippen MR) is 129 cm³/mol. The number of esters is 1. The largest absolute Gasteiger partial charge is 0.465 e. The zero-order chi connectivity index (χ0) is 24.2. The lowest BCUT2D eigenvalue weighted by Gasteiger charge is -2.38. The number of aromatic amines is 1. The number of amides is 1. The Balaban J connectivity index is 1.71. The topological polar surface area (TPSA) is 104 Å². The third-order valence-electron chi connectivity index (χ3n) is 5.89. The van der Waals surface area contributed by atoms with E-state index in [4.69, 9.17) is 21.1 Å². The van der Waals surface area contributed by atoms with Crippen LogP contribution in [0.3, 0.4) is 0 Å². The summed E-state index contributed by atoms with van der Waals surface area (Å²) in [4.78, 5) is 29.7. The van der Waals surface area contributed by atoms with Gasteiger partial charge in [-0.3, -0.25) is 9.59 Å². The molecule has 1 aliphatic rings. The summed E-state index contributed by atoms with van der Waals surface area (Å²) in [7, 11) is 0. The van der Waals surface area contributed by atoms with Crippen LogP contribution in [0.4, 0.5) is 0 Å². The fourth-order valence-corrected chi connectivity index (χ4v) is 4.61. The average Bonchev–Trinajstić information content (AvgIpc) is 3.20. The van der Waals surface area contributed by atoms with E-state index in [-0.39, 0.29) is 25.1 Å². The number of nitrogens with zero attached hydrogens (tertiary/aromatic N) is 1. The van der Waals surface area contributed by atoms with Crippen LogP contribution < -0.4 is 5.32 Å². The Morgan fingerprint density at radius 2 is 2.06 bits per heavy atom. The van der Waals surface area contributed by atoms with Gasteiger partial charge in [0.05, 0.1) is 12.6 Å². The number of ether oxygens (including phenoxy) is 2. The van der Waals surface area contributed by atoms with Gasteiger partial charge >= 0.3 is 5.97 Å². The molecule has 9 heteroatoms. The molecule has 0 fully saturated rings. The Morgan fingerprint density at radius 3 is 2.82 bits per heavy atom. The second-order valence-electron chi connectivity index (χ2n) is 7.99. The second kappa shape index (κ2) is 10.6. The van der Waals surface area contributed by atoms with E-state index in [0.717, 1.165) is 27.7 Å². The molecule has 34 heavy (non-hydrogen) atoms. The van der Waals surface area contributed by atoms with Crippen LogP contribution in [0.2, 0.25) is 5.02 Å². The van der Waals surface area contributed by atoms with Gasteiger partial charge in [0, 0.05) is 40.3 Å². The van der Waals surface area contributed by atoms with Crippen molar-refractivity contribution in [2.45, 2.75) is 32.7 Å². The summed E-state index contributed by atoms with van der Waals surface area (Å²) in [6.45, 7) is 4.49. The molecule has 0 saturated heterocycles. The second-order valence-corrected chi connectivity index (χ2v) is 8.43. The number of rotatable bonds is 8. The highest BCUT2D eigenvalue weighted by molar-refractivity contribution is 6.31. The standard InChI is InChI=1S/C25H28ClN3O5/c1-3-33-21(30)14-27-24(31)16-7-5-6-15(12-16)23-22-18(10-11-29(23)25(32)34-4-2)19-13-17(26)8-9-20(19)28-22/h5-9,12-13,23,25,28,32H,3-4,10-11,14H2,1-2H3,(H,27,31). The molecule has 0 spiro atoms. The van der Waals surface area contributed by atoms with Gasteiger partial charge in [0.15, 0.2) is 0 Å². The Labute approximate surface area is 202 Å². The van der Waals surface area contributed by atoms with Gasteiger partial charge in [-0.25, -0.2) is 4.90 Å². The van der Waals surface area contributed by atoms with Gasteiger partial charge in [-0.1, -0.05) is 23.7 Å². The molecule has 8 nitrogen and oxygen atoms in total. The average molecular weight is 486 g/mol. The third-order valence-corrected chi connectivity index (χ3v) is 6.12. The summed E-state index contributed by atoms with van der Waals surface area (Å²) >= 11 is 6.26. The highest BCUT2D eigenvalue weighted by atomic mass is 35.5. The monoisotopic (exact) mass is 485 g/mol. The van der Waals surface area contributed by atoms with E-state index in [9.17, 15) is 14.7 Å². The number of H-pyrrole nitrogens is 1. The molecular weight excluding hydrogens is 458 g/mol. The maximum absolute atomic E-state index is 12.7. The number of benzene rings is 2. The molecule has 3 N–H and O–H groups in total. The van der Waals surface area contributed by atoms with Crippen LogP contribution in [-0.2, 0) is 20.7 Å². The van der Waals surface area contributed by atoms with E-state index in [2.05, 4.69) is 10.3 Å². The molecule has 2 unspecified atom stereocenters. The van der Waals surface area contributed by atoms with E-state index in [0.29, 0.717) is 30.2 Å². The lowest BCUT2D eigenvalue weighted by Crippen LogP contribution is -2.44. The van der Waals surface area contributed by atoms with Gasteiger partial charge in [-0.05, 0) is 61.7 Å². The van der Waals surface area contributed by atoms with Crippen molar-refractivity contribution in [3.8, 4) is 0 Å². The fraction of sp³-hybridized carbons (Fsp3) is 0.360. The van der Waals surface area contributed by atoms with Crippen LogP contribution in [-0.4, -0.2) is 59.6 Å². The lowest BCUT2D eigenvalue weighted by atomic mass is 9.91. The first kappa shape index (κ1) is 24.2. The van der Waals surface area contributed by atoms with Crippen LogP contribution in [0, 0.1) is 0 Å². The minimum Gasteiger partial charge on any atom is -0.465 e. The number of aliphatic hydroxyl groups is 1. The summed E-state index contributed by atoms with van der Waals surface area (Å²) < 4.78 is 10.4. The molecule has 3 aromatic rings. The van der Waals surface area contributed by atoms with Crippen LogP contribution in [0.15, 0.2) is 42.5 Å². The Morgan fingerprint density at radius 1 is 1.24 bits per heavy atom. The first-order valence-electron chi connectivity index (χ1n) is 11.3. The minimum absolute atomic E-state index is 0.206. The van der Waals surface area contributed by atoms with Gasteiger partial charge < -0.3 is 24.9 Å². The lowest BCUT2D eigenvalue weighted by molar-refractivity contribution is -0.202. The van der Waals surface area contributed by atoms with Gasteiger partial charge in [-0.15, -0.1) is 0 Å². The van der Waals surface area contributed by atoms with Crippen LogP contribution in [0.5, 0.6) is 0 Å². The molecule has 0 radical (unpaired) electrons. The van der Waals surface area contributed by atoms with Crippen molar-refractivity contribution < 1.29 is 24.2 Å². The number of nitrogens with one attached hydrogen (secondary N) is 2. The van der Waals surface area contributed by atoms with Crippen molar-refractivity contribution in [2.24, 2.45) is 0 Å². The molecule has 2 atom stereocenters. The third kappa shape index (κ3) is 4.95. The molecule has 0 saturated carbocycles. The number of hydrogen-bond donors (Lipinski definition) is 3. The number of halogens is 1. The fourth-order valence-electron chi connectivity index (χ4n) is 4.44. The van der Waals surface area contributed by atoms with Crippen molar-refractivity contribution in [1.82, 2.24) is 15.2 Å². The van der Waals surface area contributed by atoms with Crippen LogP contribution >= 0.6 is 11.6 Å².